The van der Waals surface area contributed by atoms with Crippen LogP contribution in [0.4, 0.5) is 0 Å². The summed E-state index contributed by atoms with van der Waals surface area (Å²) in [5.74, 6) is 0. The molecule has 0 bridgehead atoms. The van der Waals surface area contributed by atoms with Gasteiger partial charge in [-0.05, 0) is 32.6 Å². The summed E-state index contributed by atoms with van der Waals surface area (Å²) in [6.07, 6.45) is 0. The Bertz CT molecular complexity index is 542. The van der Waals surface area contributed by atoms with Crippen molar-refractivity contribution in [3.63, 3.8) is 0 Å². The minimum Gasteiger partial charge on any atom is -0.310 e. The first-order valence-corrected chi connectivity index (χ1v) is 8.69. The molecule has 0 aliphatic carbocycles. The predicted octanol–water partition coefficient (Wildman–Crippen LogP) is 1.41. The molecule has 0 amide bonds. The lowest BCUT2D eigenvalue weighted by Crippen LogP contribution is -2.38. The van der Waals surface area contributed by atoms with Gasteiger partial charge in [0.1, 0.15) is 0 Å². The second kappa shape index (κ2) is 7.89. The summed E-state index contributed by atoms with van der Waals surface area (Å²) in [7, 11) is 0.376. The lowest BCUT2D eigenvalue weighted by Gasteiger charge is -2.20. The Kier molecular flexibility index (Phi) is 6.80. The molecule has 0 fully saturated rings. The third-order valence-corrected chi connectivity index (χ3v) is 4.94. The first-order valence-electron chi connectivity index (χ1n) is 7.21. The van der Waals surface area contributed by atoms with E-state index in [1.165, 1.54) is 0 Å². The standard InChI is InChI=1S/C15H27N3O2S/c1-12(2)16-11-14-8-6-7-9-15(14)21(19,20)17-10-13(3)18(4)5/h6-9,12-13,16-17H,10-11H2,1-5H3. The first kappa shape index (κ1) is 18.1. The van der Waals surface area contributed by atoms with Crippen molar-refractivity contribution in [2.24, 2.45) is 0 Å². The molecule has 0 saturated heterocycles. The highest BCUT2D eigenvalue weighted by molar-refractivity contribution is 7.89. The van der Waals surface area contributed by atoms with Gasteiger partial charge in [0.15, 0.2) is 0 Å². The molecule has 1 atom stereocenters. The van der Waals surface area contributed by atoms with Gasteiger partial charge in [-0.15, -0.1) is 0 Å². The van der Waals surface area contributed by atoms with Crippen LogP contribution >= 0.6 is 0 Å². The van der Waals surface area contributed by atoms with Crippen LogP contribution in [0.15, 0.2) is 29.2 Å². The molecule has 5 nitrogen and oxygen atoms in total. The van der Waals surface area contributed by atoms with Crippen LogP contribution in [0, 0.1) is 0 Å². The fraction of sp³-hybridized carbons (Fsp3) is 0.600. The molecule has 1 aromatic carbocycles. The number of rotatable bonds is 8. The number of sulfonamides is 1. The maximum atomic E-state index is 12.5. The van der Waals surface area contributed by atoms with E-state index < -0.39 is 10.0 Å². The smallest absolute Gasteiger partial charge is 0.240 e. The van der Waals surface area contributed by atoms with E-state index in [0.717, 1.165) is 5.56 Å². The van der Waals surface area contributed by atoms with Gasteiger partial charge in [-0.3, -0.25) is 0 Å². The van der Waals surface area contributed by atoms with Gasteiger partial charge in [-0.1, -0.05) is 32.0 Å². The summed E-state index contributed by atoms with van der Waals surface area (Å²) in [5.41, 5.74) is 0.788. The molecule has 0 heterocycles. The van der Waals surface area contributed by atoms with Crippen molar-refractivity contribution in [2.75, 3.05) is 20.6 Å². The van der Waals surface area contributed by atoms with E-state index in [1.807, 2.05) is 51.9 Å². The number of benzene rings is 1. The Morgan fingerprint density at radius 3 is 2.33 bits per heavy atom. The van der Waals surface area contributed by atoms with E-state index >= 15 is 0 Å². The minimum absolute atomic E-state index is 0.140. The maximum absolute atomic E-state index is 12.5. The number of likely N-dealkylation sites (N-methyl/N-ethyl adjacent to an activating group) is 1. The summed E-state index contributed by atoms with van der Waals surface area (Å²) < 4.78 is 27.6. The molecule has 21 heavy (non-hydrogen) atoms. The molecule has 0 aliphatic heterocycles. The molecule has 0 spiro atoms. The van der Waals surface area contributed by atoms with Crippen LogP contribution in [0.1, 0.15) is 26.3 Å². The van der Waals surface area contributed by atoms with E-state index in [1.54, 1.807) is 12.1 Å². The van der Waals surface area contributed by atoms with Crippen LogP contribution in [0.25, 0.3) is 0 Å². The van der Waals surface area contributed by atoms with Crippen molar-refractivity contribution in [3.8, 4) is 0 Å². The summed E-state index contributed by atoms with van der Waals surface area (Å²) in [4.78, 5) is 2.33. The number of hydrogen-bond acceptors (Lipinski definition) is 4. The van der Waals surface area contributed by atoms with Crippen molar-refractivity contribution in [3.05, 3.63) is 29.8 Å². The zero-order chi connectivity index (χ0) is 16.0. The van der Waals surface area contributed by atoms with E-state index in [4.69, 9.17) is 0 Å². The average molecular weight is 313 g/mol. The summed E-state index contributed by atoms with van der Waals surface area (Å²) in [5, 5.41) is 3.26. The monoisotopic (exact) mass is 313 g/mol. The van der Waals surface area contributed by atoms with Gasteiger partial charge in [0.05, 0.1) is 4.90 Å². The molecule has 120 valence electrons. The Morgan fingerprint density at radius 2 is 1.76 bits per heavy atom. The topological polar surface area (TPSA) is 61.4 Å². The van der Waals surface area contributed by atoms with Crippen LogP contribution in [-0.4, -0.2) is 46.0 Å². The highest BCUT2D eigenvalue weighted by Crippen LogP contribution is 2.15. The molecule has 0 radical (unpaired) electrons. The summed E-state index contributed by atoms with van der Waals surface area (Å²) in [6, 6.07) is 7.56. The van der Waals surface area contributed by atoms with Crippen molar-refractivity contribution in [1.82, 2.24) is 14.9 Å². The predicted molar refractivity (Wildman–Crippen MR) is 86.8 cm³/mol. The third-order valence-electron chi connectivity index (χ3n) is 3.41. The van der Waals surface area contributed by atoms with Gasteiger partial charge < -0.3 is 10.2 Å². The van der Waals surface area contributed by atoms with Crippen LogP contribution in [0.5, 0.6) is 0 Å². The Balaban J connectivity index is 2.87. The van der Waals surface area contributed by atoms with Crippen LogP contribution < -0.4 is 10.0 Å². The van der Waals surface area contributed by atoms with Gasteiger partial charge >= 0.3 is 0 Å². The zero-order valence-electron chi connectivity index (χ0n) is 13.6. The summed E-state index contributed by atoms with van der Waals surface area (Å²) >= 11 is 0. The van der Waals surface area contributed by atoms with E-state index in [0.29, 0.717) is 24.0 Å². The SMILES string of the molecule is CC(C)NCc1ccccc1S(=O)(=O)NCC(C)N(C)C. The van der Waals surface area contributed by atoms with Crippen molar-refractivity contribution in [1.29, 1.82) is 0 Å². The van der Waals surface area contributed by atoms with Gasteiger partial charge in [0.25, 0.3) is 0 Å². The molecule has 2 N–H and O–H groups in total. The highest BCUT2D eigenvalue weighted by Gasteiger charge is 2.19. The Morgan fingerprint density at radius 1 is 1.14 bits per heavy atom. The van der Waals surface area contributed by atoms with Crippen molar-refractivity contribution >= 4 is 10.0 Å². The third kappa shape index (κ3) is 5.74. The van der Waals surface area contributed by atoms with Crippen LogP contribution in [-0.2, 0) is 16.6 Å². The molecule has 6 heteroatoms. The average Bonchev–Trinajstić information content (AvgIpc) is 2.42. The minimum atomic E-state index is -3.48. The highest BCUT2D eigenvalue weighted by atomic mass is 32.2. The fourth-order valence-electron chi connectivity index (χ4n) is 1.72. The molecule has 1 unspecified atom stereocenters. The molecule has 0 aromatic heterocycles. The lowest BCUT2D eigenvalue weighted by molar-refractivity contribution is 0.314. The van der Waals surface area contributed by atoms with E-state index in [-0.39, 0.29) is 6.04 Å². The second-order valence-corrected chi connectivity index (χ2v) is 7.54. The first-order chi connectivity index (χ1) is 9.74. The molecular weight excluding hydrogens is 286 g/mol. The molecule has 1 rings (SSSR count). The molecule has 0 aliphatic rings. The van der Waals surface area contributed by atoms with Gasteiger partial charge in [-0.2, -0.15) is 0 Å². The van der Waals surface area contributed by atoms with Gasteiger partial charge in [0.2, 0.25) is 10.0 Å². The lowest BCUT2D eigenvalue weighted by atomic mass is 10.2. The van der Waals surface area contributed by atoms with E-state index in [2.05, 4.69) is 10.0 Å². The molecule has 0 saturated carbocycles. The molecule has 1 aromatic rings. The Labute approximate surface area is 128 Å². The number of nitrogens with zero attached hydrogens (tertiary/aromatic N) is 1. The second-order valence-electron chi connectivity index (χ2n) is 5.81. The Hall–Kier alpha value is -0.950. The van der Waals surface area contributed by atoms with Gasteiger partial charge in [-0.25, -0.2) is 13.1 Å². The number of nitrogens with one attached hydrogen (secondary N) is 2. The van der Waals surface area contributed by atoms with Gasteiger partial charge in [0, 0.05) is 25.2 Å². The van der Waals surface area contributed by atoms with E-state index in [9.17, 15) is 8.42 Å². The van der Waals surface area contributed by atoms with Crippen LogP contribution in [0.3, 0.4) is 0 Å². The number of hydrogen-bond donors (Lipinski definition) is 2. The van der Waals surface area contributed by atoms with Crippen LogP contribution in [0.2, 0.25) is 0 Å². The quantitative estimate of drug-likeness (QED) is 0.762. The van der Waals surface area contributed by atoms with Crippen molar-refractivity contribution < 1.29 is 8.42 Å². The zero-order valence-corrected chi connectivity index (χ0v) is 14.4. The maximum Gasteiger partial charge on any atom is 0.240 e. The normalized spacial score (nSPS) is 13.9. The summed E-state index contributed by atoms with van der Waals surface area (Å²) in [6.45, 7) is 6.98. The van der Waals surface area contributed by atoms with Crippen molar-refractivity contribution in [2.45, 2.75) is 44.3 Å². The largest absolute Gasteiger partial charge is 0.310 e. The fourth-order valence-corrected chi connectivity index (χ4v) is 3.08. The molecular formula is C15H27N3O2S.